The Morgan fingerprint density at radius 1 is 0.919 bits per heavy atom. The van der Waals surface area contributed by atoms with E-state index >= 15 is 0 Å². The minimum absolute atomic E-state index is 0.0580. The van der Waals surface area contributed by atoms with Crippen molar-refractivity contribution in [3.05, 3.63) is 29.8 Å². The summed E-state index contributed by atoms with van der Waals surface area (Å²) in [6, 6.07) is 2.18. The van der Waals surface area contributed by atoms with Crippen LogP contribution in [0, 0.1) is 5.92 Å². The van der Waals surface area contributed by atoms with E-state index < -0.39 is 47.9 Å². The molecule has 1 aromatic rings. The van der Waals surface area contributed by atoms with Gasteiger partial charge in [0.2, 0.25) is 17.7 Å². The van der Waals surface area contributed by atoms with Gasteiger partial charge < -0.3 is 37.6 Å². The summed E-state index contributed by atoms with van der Waals surface area (Å²) in [5, 5.41) is 26.9. The third-order valence-electron chi connectivity index (χ3n) is 5.79. The zero-order chi connectivity index (χ0) is 28.0. The first-order valence-electron chi connectivity index (χ1n) is 12.4. The van der Waals surface area contributed by atoms with Crippen molar-refractivity contribution in [1.29, 1.82) is 0 Å². The molecular weight excluding hydrogens is 498 g/mol. The van der Waals surface area contributed by atoms with E-state index in [9.17, 15) is 29.4 Å². The second-order valence-electron chi connectivity index (χ2n) is 9.23. The Morgan fingerprint density at radius 3 is 2.05 bits per heavy atom. The van der Waals surface area contributed by atoms with Gasteiger partial charge in [0, 0.05) is 6.42 Å². The number of hydrogen-bond donors (Lipinski definition) is 7. The number of benzene rings is 1. The molecule has 0 spiro atoms. The molecule has 4 atom stereocenters. The first-order valence-corrected chi connectivity index (χ1v) is 13.8. The monoisotopic (exact) mass is 539 g/mol. The standard InChI is InChI=1S/C25H41N5O6S/c1-15(2)21(25(35)36)30-23(33)19(6-4-5-12-26)28-24(34)20(14-16-7-9-17(31)10-8-16)29-22(32)18(27)11-13-37-3/h7-10,15,18-21,31H,4-6,11-14,26-27H2,1-3H3,(H,28,34)(H,29,32)(H,30,33)(H,35,36)/t18-,19-,20-,21-/m0/s1. The quantitative estimate of drug-likeness (QED) is 0.136. The summed E-state index contributed by atoms with van der Waals surface area (Å²) in [4.78, 5) is 50.6. The van der Waals surface area contributed by atoms with Gasteiger partial charge in [-0.25, -0.2) is 4.79 Å². The maximum atomic E-state index is 13.3. The number of unbranched alkanes of at least 4 members (excludes halogenated alkanes) is 1. The predicted molar refractivity (Wildman–Crippen MR) is 144 cm³/mol. The minimum Gasteiger partial charge on any atom is -0.508 e. The zero-order valence-corrected chi connectivity index (χ0v) is 22.6. The fraction of sp³-hybridized carbons (Fsp3) is 0.600. The second kappa shape index (κ2) is 16.8. The molecule has 12 heteroatoms. The fourth-order valence-electron chi connectivity index (χ4n) is 3.53. The number of carbonyl (C=O) groups excluding carboxylic acids is 3. The van der Waals surface area contributed by atoms with Gasteiger partial charge in [0.05, 0.1) is 6.04 Å². The molecule has 0 aliphatic rings. The summed E-state index contributed by atoms with van der Waals surface area (Å²) in [6.07, 6.45) is 3.81. The van der Waals surface area contributed by atoms with Crippen LogP contribution in [0.4, 0.5) is 0 Å². The van der Waals surface area contributed by atoms with E-state index in [1.54, 1.807) is 37.7 Å². The molecule has 0 aliphatic heterocycles. The Bertz CT molecular complexity index is 883. The van der Waals surface area contributed by atoms with Crippen molar-refractivity contribution in [3.8, 4) is 5.75 Å². The lowest BCUT2D eigenvalue weighted by Crippen LogP contribution is -2.58. The number of aromatic hydroxyl groups is 1. The smallest absolute Gasteiger partial charge is 0.326 e. The summed E-state index contributed by atoms with van der Waals surface area (Å²) in [5.74, 6) is -2.54. The van der Waals surface area contributed by atoms with E-state index in [1.807, 2.05) is 6.26 Å². The van der Waals surface area contributed by atoms with Gasteiger partial charge in [-0.05, 0) is 67.9 Å². The van der Waals surface area contributed by atoms with Crippen molar-refractivity contribution in [1.82, 2.24) is 16.0 Å². The lowest BCUT2D eigenvalue weighted by molar-refractivity contribution is -0.143. The molecule has 208 valence electrons. The molecule has 37 heavy (non-hydrogen) atoms. The Hall–Kier alpha value is -2.83. The molecular formula is C25H41N5O6S. The first kappa shape index (κ1) is 32.2. The number of carboxylic acids is 1. The third kappa shape index (κ3) is 11.8. The second-order valence-corrected chi connectivity index (χ2v) is 10.2. The van der Waals surface area contributed by atoms with Gasteiger partial charge in [-0.2, -0.15) is 11.8 Å². The van der Waals surface area contributed by atoms with E-state index in [2.05, 4.69) is 16.0 Å². The number of carboxylic acid groups (broad SMARTS) is 1. The van der Waals surface area contributed by atoms with Crippen molar-refractivity contribution >= 4 is 35.5 Å². The van der Waals surface area contributed by atoms with Crippen LogP contribution in [0.1, 0.15) is 45.1 Å². The summed E-state index contributed by atoms with van der Waals surface area (Å²) < 4.78 is 0. The van der Waals surface area contributed by atoms with Crippen LogP contribution in [0.2, 0.25) is 0 Å². The molecule has 0 heterocycles. The maximum absolute atomic E-state index is 13.3. The molecule has 0 aliphatic carbocycles. The largest absolute Gasteiger partial charge is 0.508 e. The van der Waals surface area contributed by atoms with Crippen molar-refractivity contribution < 1.29 is 29.4 Å². The maximum Gasteiger partial charge on any atom is 0.326 e. The van der Waals surface area contributed by atoms with E-state index in [0.717, 1.165) is 0 Å². The summed E-state index contributed by atoms with van der Waals surface area (Å²) >= 11 is 1.55. The van der Waals surface area contributed by atoms with E-state index in [-0.39, 0.29) is 24.5 Å². The molecule has 0 unspecified atom stereocenters. The molecule has 0 radical (unpaired) electrons. The van der Waals surface area contributed by atoms with Crippen LogP contribution >= 0.6 is 11.8 Å². The van der Waals surface area contributed by atoms with Crippen molar-refractivity contribution in [2.45, 2.75) is 70.1 Å². The van der Waals surface area contributed by atoms with Crippen LogP contribution in [0.3, 0.4) is 0 Å². The number of thioether (sulfide) groups is 1. The number of nitrogens with one attached hydrogen (secondary N) is 3. The summed E-state index contributed by atoms with van der Waals surface area (Å²) in [5.41, 5.74) is 12.2. The first-order chi connectivity index (χ1) is 17.5. The van der Waals surface area contributed by atoms with Gasteiger partial charge in [0.1, 0.15) is 23.9 Å². The summed E-state index contributed by atoms with van der Waals surface area (Å²) in [6.45, 7) is 3.74. The van der Waals surface area contributed by atoms with Gasteiger partial charge in [0.25, 0.3) is 0 Å². The van der Waals surface area contributed by atoms with Gasteiger partial charge >= 0.3 is 5.97 Å². The third-order valence-corrected chi connectivity index (χ3v) is 6.43. The molecule has 1 aromatic carbocycles. The Labute approximate surface area is 222 Å². The van der Waals surface area contributed by atoms with Crippen LogP contribution in [0.25, 0.3) is 0 Å². The highest BCUT2D eigenvalue weighted by molar-refractivity contribution is 7.98. The normalized spacial score (nSPS) is 14.3. The zero-order valence-electron chi connectivity index (χ0n) is 21.7. The number of phenols is 1. The van der Waals surface area contributed by atoms with E-state index in [1.165, 1.54) is 12.1 Å². The molecule has 0 bridgehead atoms. The highest BCUT2D eigenvalue weighted by atomic mass is 32.2. The molecule has 0 fully saturated rings. The Morgan fingerprint density at radius 2 is 1.51 bits per heavy atom. The van der Waals surface area contributed by atoms with Crippen LogP contribution < -0.4 is 27.4 Å². The fourth-order valence-corrected chi connectivity index (χ4v) is 4.02. The molecule has 0 aromatic heterocycles. The minimum atomic E-state index is -1.17. The molecule has 9 N–H and O–H groups in total. The number of carbonyl (C=O) groups is 4. The Kier molecular flexibility index (Phi) is 14.6. The van der Waals surface area contributed by atoms with Crippen molar-refractivity contribution in [2.75, 3.05) is 18.6 Å². The number of hydrogen-bond acceptors (Lipinski definition) is 8. The predicted octanol–water partition coefficient (Wildman–Crippen LogP) is 0.339. The lowest BCUT2D eigenvalue weighted by atomic mass is 10.0. The lowest BCUT2D eigenvalue weighted by Gasteiger charge is -2.26. The number of phenolic OH excluding ortho intramolecular Hbond substituents is 1. The van der Waals surface area contributed by atoms with E-state index in [0.29, 0.717) is 37.1 Å². The van der Waals surface area contributed by atoms with Gasteiger partial charge in [-0.1, -0.05) is 26.0 Å². The number of aliphatic carboxylic acids is 1. The molecule has 3 amide bonds. The summed E-state index contributed by atoms with van der Waals surface area (Å²) in [7, 11) is 0. The number of amides is 3. The van der Waals surface area contributed by atoms with Crippen molar-refractivity contribution in [2.24, 2.45) is 17.4 Å². The highest BCUT2D eigenvalue weighted by Crippen LogP contribution is 2.13. The highest BCUT2D eigenvalue weighted by Gasteiger charge is 2.31. The average molecular weight is 540 g/mol. The molecule has 1 rings (SSSR count). The van der Waals surface area contributed by atoms with Gasteiger partial charge in [0.15, 0.2) is 0 Å². The Balaban J connectivity index is 3.12. The number of nitrogens with two attached hydrogens (primary N) is 2. The average Bonchev–Trinajstić information content (AvgIpc) is 2.85. The number of rotatable bonds is 17. The van der Waals surface area contributed by atoms with Crippen LogP contribution in [0.5, 0.6) is 5.75 Å². The topological polar surface area (TPSA) is 197 Å². The SMILES string of the molecule is CSCC[C@H](N)C(=O)N[C@@H](Cc1ccc(O)cc1)C(=O)N[C@@H](CCCCN)C(=O)N[C@H](C(=O)O)C(C)C. The molecule has 0 saturated heterocycles. The van der Waals surface area contributed by atoms with Gasteiger partial charge in [-0.15, -0.1) is 0 Å². The van der Waals surface area contributed by atoms with Crippen LogP contribution in [0.15, 0.2) is 24.3 Å². The van der Waals surface area contributed by atoms with Gasteiger partial charge in [-0.3, -0.25) is 14.4 Å². The molecule has 0 saturated carbocycles. The van der Waals surface area contributed by atoms with Crippen molar-refractivity contribution in [3.63, 3.8) is 0 Å². The van der Waals surface area contributed by atoms with E-state index in [4.69, 9.17) is 11.5 Å². The van der Waals surface area contributed by atoms with Crippen LogP contribution in [-0.2, 0) is 25.6 Å². The van der Waals surface area contributed by atoms with Crippen LogP contribution in [-0.4, -0.2) is 76.6 Å². The molecule has 11 nitrogen and oxygen atoms in total.